The lowest BCUT2D eigenvalue weighted by molar-refractivity contribution is -0.540. The van der Waals surface area contributed by atoms with Crippen LogP contribution in [0.25, 0.3) is 0 Å². The summed E-state index contributed by atoms with van der Waals surface area (Å²) in [6.07, 6.45) is 0. The van der Waals surface area contributed by atoms with Crippen LogP contribution in [0.5, 0.6) is 5.75 Å². The third-order valence-electron chi connectivity index (χ3n) is 11.7. The molecule has 0 saturated carbocycles. The van der Waals surface area contributed by atoms with Crippen LogP contribution in [-0.4, -0.2) is 80.1 Å². The first kappa shape index (κ1) is 34.3. The summed E-state index contributed by atoms with van der Waals surface area (Å²) in [5.41, 5.74) is -4.71. The molecule has 0 N–H and O–H groups in total. The molecule has 13 heteroatoms. The molecule has 3 radical (unpaired) electrons. The minimum atomic E-state index is -1.09. The van der Waals surface area contributed by atoms with Gasteiger partial charge >= 0.3 is 17.5 Å². The summed E-state index contributed by atoms with van der Waals surface area (Å²) in [7, 11) is 0. The monoisotopic (exact) mass is 649 g/mol. The lowest BCUT2D eigenvalue weighted by atomic mass is 9.84. The van der Waals surface area contributed by atoms with E-state index < -0.39 is 33.2 Å². The van der Waals surface area contributed by atoms with Gasteiger partial charge in [0.1, 0.15) is 29.0 Å². The predicted octanol–water partition coefficient (Wildman–Crippen LogP) is 4.69. The Morgan fingerprint density at radius 3 is 1.15 bits per heavy atom. The predicted molar refractivity (Wildman–Crippen MR) is 172 cm³/mol. The third-order valence-corrected chi connectivity index (χ3v) is 11.7. The van der Waals surface area contributed by atoms with Crippen LogP contribution in [0.3, 0.4) is 0 Å². The standard InChI is InChI=1S/C34H45N6O7/c1-29(2)30(3,4)36(42)26(35(29)41)22-15-13-21(14-16-22)20-47-25-18-23(27-37(43)31(5,6)32(7,8)38(27)44)17-24(19-25)28-39(45)33(9,10)34(11,12)40(28)46/h13-19H,20H2,1-12H3. The van der Waals surface area contributed by atoms with E-state index in [9.17, 15) is 31.2 Å². The molecule has 3 aliphatic heterocycles. The molecule has 0 fully saturated rings. The summed E-state index contributed by atoms with van der Waals surface area (Å²) < 4.78 is 8.24. The van der Waals surface area contributed by atoms with Crippen LogP contribution < -0.4 is 4.74 Å². The van der Waals surface area contributed by atoms with E-state index in [2.05, 4.69) is 0 Å². The van der Waals surface area contributed by atoms with Gasteiger partial charge in [-0.15, -0.1) is 0 Å². The highest BCUT2D eigenvalue weighted by atomic mass is 16.6. The van der Waals surface area contributed by atoms with Gasteiger partial charge in [0, 0.05) is 15.6 Å². The zero-order valence-corrected chi connectivity index (χ0v) is 29.3. The van der Waals surface area contributed by atoms with Crippen molar-refractivity contribution in [2.24, 2.45) is 0 Å². The van der Waals surface area contributed by atoms with Gasteiger partial charge in [-0.1, -0.05) is 27.3 Å². The van der Waals surface area contributed by atoms with Crippen molar-refractivity contribution in [3.63, 3.8) is 0 Å². The smallest absolute Gasteiger partial charge is 0.316 e. The summed E-state index contributed by atoms with van der Waals surface area (Å²) >= 11 is 0. The first-order valence-electron chi connectivity index (χ1n) is 15.7. The van der Waals surface area contributed by atoms with Gasteiger partial charge in [0.05, 0.1) is 16.7 Å². The molecule has 0 aromatic heterocycles. The molecule has 0 bridgehead atoms. The van der Waals surface area contributed by atoms with Gasteiger partial charge in [0.25, 0.3) is 0 Å². The van der Waals surface area contributed by atoms with Gasteiger partial charge in [0.15, 0.2) is 16.6 Å². The SMILES string of the molecule is CC1(C)N([O])C(c2ccc(COc3cc(C4=[N+]([O-])C(C)(C)C(C)(C)N4[O])cc(C4=[N+]([O-])C(C)(C)C(C)(C)N4[O])c3)cc2)=[N+]([O-])C1(C)C. The van der Waals surface area contributed by atoms with Crippen LogP contribution in [0.1, 0.15) is 105 Å². The molecule has 253 valence electrons. The molecule has 0 saturated heterocycles. The highest BCUT2D eigenvalue weighted by molar-refractivity contribution is 6.02. The summed E-state index contributed by atoms with van der Waals surface area (Å²) in [5.74, 6) is -0.0728. The lowest BCUT2D eigenvalue weighted by Gasteiger charge is -2.32. The molecule has 5 rings (SSSR count). The second-order valence-corrected chi connectivity index (χ2v) is 15.8. The van der Waals surface area contributed by atoms with Crippen LogP contribution in [0.2, 0.25) is 0 Å². The minimum absolute atomic E-state index is 0.0253. The summed E-state index contributed by atoms with van der Waals surface area (Å²) in [4.78, 5) is 0. The maximum absolute atomic E-state index is 13.6. The Hall–Kier alpha value is -4.07. The number of hydrogen-bond donors (Lipinski definition) is 0. The molecular formula is C34H45N6O7. The maximum atomic E-state index is 13.6. The fourth-order valence-corrected chi connectivity index (χ4v) is 5.89. The fourth-order valence-electron chi connectivity index (χ4n) is 5.89. The van der Waals surface area contributed by atoms with Gasteiger partial charge in [0.2, 0.25) is 0 Å². The molecule has 47 heavy (non-hydrogen) atoms. The molecule has 0 spiro atoms. The highest BCUT2D eigenvalue weighted by Gasteiger charge is 2.62. The van der Waals surface area contributed by atoms with Crippen LogP contribution in [0.4, 0.5) is 0 Å². The van der Waals surface area contributed by atoms with E-state index in [0.717, 1.165) is 9.80 Å². The van der Waals surface area contributed by atoms with E-state index in [-0.39, 0.29) is 41.0 Å². The average Bonchev–Trinajstić information content (AvgIpc) is 3.25. The highest BCUT2D eigenvalue weighted by Crippen LogP contribution is 2.41. The van der Waals surface area contributed by atoms with Crippen molar-refractivity contribution in [3.05, 3.63) is 80.3 Å². The molecule has 0 aliphatic carbocycles. The Kier molecular flexibility index (Phi) is 7.45. The first-order chi connectivity index (χ1) is 21.3. The molecular weight excluding hydrogens is 604 g/mol. The number of hydroxylamine groups is 9. The Bertz CT molecular complexity index is 1650. The summed E-state index contributed by atoms with van der Waals surface area (Å²) in [5, 5.41) is 82.6. The van der Waals surface area contributed by atoms with E-state index in [1.54, 1.807) is 119 Å². The molecule has 3 heterocycles. The Morgan fingerprint density at radius 1 is 0.532 bits per heavy atom. The van der Waals surface area contributed by atoms with Gasteiger partial charge in [-0.25, -0.2) is 0 Å². The number of rotatable bonds is 6. The summed E-state index contributed by atoms with van der Waals surface area (Å²) in [6, 6.07) is 11.4. The first-order valence-corrected chi connectivity index (χ1v) is 15.7. The van der Waals surface area contributed by atoms with E-state index in [1.807, 2.05) is 0 Å². The van der Waals surface area contributed by atoms with Crippen LogP contribution in [0.15, 0.2) is 42.5 Å². The summed E-state index contributed by atoms with van der Waals surface area (Å²) in [6.45, 7) is 20.4. The van der Waals surface area contributed by atoms with E-state index in [4.69, 9.17) is 4.74 Å². The van der Waals surface area contributed by atoms with Gasteiger partial charge in [-0.3, -0.25) is 14.2 Å². The largest absolute Gasteiger partial charge is 0.714 e. The number of ether oxygens (including phenoxy) is 1. The number of amidine groups is 3. The molecule has 0 unspecified atom stereocenters. The van der Waals surface area contributed by atoms with Gasteiger partial charge in [-0.05, 0) is 119 Å². The third kappa shape index (κ3) is 4.50. The van der Waals surface area contributed by atoms with Crippen molar-refractivity contribution in [2.45, 2.75) is 123 Å². The Balaban J connectivity index is 1.54. The average molecular weight is 650 g/mol. The Labute approximate surface area is 276 Å². The number of hydrogen-bond acceptors (Lipinski definition) is 7. The second kappa shape index (κ2) is 10.2. The van der Waals surface area contributed by atoms with Crippen molar-refractivity contribution in [2.75, 3.05) is 0 Å². The fraction of sp³-hybridized carbons (Fsp3) is 0.559. The van der Waals surface area contributed by atoms with E-state index in [1.165, 1.54) is 6.07 Å². The van der Waals surface area contributed by atoms with E-state index >= 15 is 0 Å². The lowest BCUT2D eigenvalue weighted by Crippen LogP contribution is -2.53. The van der Waals surface area contributed by atoms with Crippen molar-refractivity contribution < 1.29 is 34.6 Å². The molecule has 0 amide bonds. The van der Waals surface area contributed by atoms with Crippen LogP contribution in [-0.2, 0) is 22.2 Å². The van der Waals surface area contributed by atoms with Gasteiger partial charge < -0.3 is 20.4 Å². The van der Waals surface area contributed by atoms with Crippen molar-refractivity contribution >= 4 is 17.5 Å². The van der Waals surface area contributed by atoms with Crippen molar-refractivity contribution in [1.29, 1.82) is 0 Å². The molecule has 2 aromatic carbocycles. The normalized spacial score (nSPS) is 23.8. The minimum Gasteiger partial charge on any atom is -0.714 e. The van der Waals surface area contributed by atoms with Gasteiger partial charge in [-0.2, -0.15) is 0 Å². The maximum Gasteiger partial charge on any atom is 0.316 e. The molecule has 3 aliphatic rings. The Morgan fingerprint density at radius 2 is 0.851 bits per heavy atom. The van der Waals surface area contributed by atoms with E-state index in [0.29, 0.717) is 30.7 Å². The zero-order chi connectivity index (χ0) is 35.4. The topological polar surface area (TPSA) is 157 Å². The number of benzene rings is 2. The zero-order valence-electron chi connectivity index (χ0n) is 29.3. The van der Waals surface area contributed by atoms with Crippen LogP contribution >= 0.6 is 0 Å². The second-order valence-electron chi connectivity index (χ2n) is 15.8. The molecule has 13 nitrogen and oxygen atoms in total. The van der Waals surface area contributed by atoms with Crippen molar-refractivity contribution in [3.8, 4) is 5.75 Å². The molecule has 2 aromatic rings. The molecule has 0 atom stereocenters. The quantitative estimate of drug-likeness (QED) is 0.325. The number of nitrogens with zero attached hydrogens (tertiary/aromatic N) is 6. The van der Waals surface area contributed by atoms with Crippen LogP contribution in [0, 0.1) is 15.6 Å². The van der Waals surface area contributed by atoms with Crippen molar-refractivity contribution in [1.82, 2.24) is 15.2 Å².